The highest BCUT2D eigenvalue weighted by atomic mass is 28.2. The fourth-order valence-electron chi connectivity index (χ4n) is 0.246. The Kier molecular flexibility index (Phi) is 4.06. The van der Waals surface area contributed by atoms with E-state index in [0.29, 0.717) is 0 Å². The van der Waals surface area contributed by atoms with Gasteiger partial charge in [0, 0.05) is 6.08 Å². The predicted octanol–water partition coefficient (Wildman–Crippen LogP) is -0.599. The van der Waals surface area contributed by atoms with Gasteiger partial charge in [-0.05, 0) is 0 Å². The van der Waals surface area contributed by atoms with Crippen LogP contribution < -0.4 is 0 Å². The quantitative estimate of drug-likeness (QED) is 0.136. The highest BCUT2D eigenvalue weighted by molar-refractivity contribution is 6.38. The lowest BCUT2D eigenvalue weighted by Gasteiger charge is -1.90. The Morgan fingerprint density at radius 2 is 2.40 bits per heavy atom. The SMILES string of the molecule is C=CC(=[N+]=[N-])C(=O)OO[Si]. The van der Waals surface area contributed by atoms with E-state index in [0.717, 1.165) is 6.08 Å². The molecule has 6 heteroatoms. The van der Waals surface area contributed by atoms with Gasteiger partial charge in [-0.2, -0.15) is 4.79 Å². The molecule has 51 valence electrons. The number of carbonyl (C=O) groups is 1. The Labute approximate surface area is 60.3 Å². The van der Waals surface area contributed by atoms with Crippen LogP contribution in [-0.2, 0) is 14.3 Å². The van der Waals surface area contributed by atoms with Crippen LogP contribution in [0.15, 0.2) is 12.7 Å². The van der Waals surface area contributed by atoms with Crippen LogP contribution in [0, 0.1) is 0 Å². The van der Waals surface area contributed by atoms with Gasteiger partial charge in [0.25, 0.3) is 0 Å². The van der Waals surface area contributed by atoms with E-state index >= 15 is 0 Å². The minimum atomic E-state index is -0.938. The molecule has 0 aromatic carbocycles. The standard InChI is InChI=1S/C4H3N2O3Si/c1-2-3(6-5)4(7)8-9-10/h2H,1H2. The molecule has 0 bridgehead atoms. The number of hydrogen-bond acceptors (Lipinski definition) is 3. The Balaban J connectivity index is 4.18. The summed E-state index contributed by atoms with van der Waals surface area (Å²) in [5.41, 5.74) is 7.73. The van der Waals surface area contributed by atoms with Crippen LogP contribution in [0.2, 0.25) is 0 Å². The molecular weight excluding hydrogens is 152 g/mol. The van der Waals surface area contributed by atoms with E-state index in [2.05, 4.69) is 31.3 Å². The van der Waals surface area contributed by atoms with Crippen LogP contribution >= 0.6 is 0 Å². The molecule has 0 unspecified atom stereocenters. The van der Waals surface area contributed by atoms with Gasteiger partial charge in [0.2, 0.25) is 0 Å². The third-order valence-electron chi connectivity index (χ3n) is 0.628. The Morgan fingerprint density at radius 3 is 2.70 bits per heavy atom. The molecule has 0 heterocycles. The van der Waals surface area contributed by atoms with E-state index in [9.17, 15) is 4.79 Å². The number of hydrogen-bond donors (Lipinski definition) is 0. The van der Waals surface area contributed by atoms with Gasteiger partial charge in [-0.3, -0.25) is 4.89 Å². The van der Waals surface area contributed by atoms with Crippen molar-refractivity contribution in [2.45, 2.75) is 0 Å². The summed E-state index contributed by atoms with van der Waals surface area (Å²) >= 11 is 0. The number of rotatable bonds is 3. The summed E-state index contributed by atoms with van der Waals surface area (Å²) in [5, 5.41) is 0. The molecule has 0 amide bonds. The predicted molar refractivity (Wildman–Crippen MR) is 31.8 cm³/mol. The van der Waals surface area contributed by atoms with Crippen molar-refractivity contribution in [3.63, 3.8) is 0 Å². The van der Waals surface area contributed by atoms with E-state index in [1.807, 2.05) is 0 Å². The van der Waals surface area contributed by atoms with Gasteiger partial charge in [-0.25, -0.2) is 9.37 Å². The largest absolute Gasteiger partial charge is 0.452 e. The van der Waals surface area contributed by atoms with Gasteiger partial charge in [0.05, 0.1) is 0 Å². The molecule has 5 nitrogen and oxygen atoms in total. The van der Waals surface area contributed by atoms with Crippen LogP contribution in [0.4, 0.5) is 0 Å². The Bertz CT molecular complexity index is 197. The molecule has 0 saturated carbocycles. The monoisotopic (exact) mass is 155 g/mol. The van der Waals surface area contributed by atoms with E-state index in [1.54, 1.807) is 0 Å². The smallest absolute Gasteiger partial charge is 0.360 e. The van der Waals surface area contributed by atoms with Crippen molar-refractivity contribution in [1.29, 1.82) is 0 Å². The van der Waals surface area contributed by atoms with Gasteiger partial charge in [-0.15, -0.1) is 0 Å². The molecule has 0 spiro atoms. The Morgan fingerprint density at radius 1 is 1.80 bits per heavy atom. The van der Waals surface area contributed by atoms with Gasteiger partial charge in [0.1, 0.15) is 0 Å². The zero-order chi connectivity index (χ0) is 7.98. The lowest BCUT2D eigenvalue weighted by molar-refractivity contribution is -0.206. The van der Waals surface area contributed by atoms with Crippen LogP contribution in [0.3, 0.4) is 0 Å². The first-order valence-electron chi connectivity index (χ1n) is 2.15. The topological polar surface area (TPSA) is 71.9 Å². The van der Waals surface area contributed by atoms with Crippen molar-refractivity contribution in [3.05, 3.63) is 18.2 Å². The molecule has 0 aliphatic carbocycles. The van der Waals surface area contributed by atoms with E-state index < -0.39 is 5.97 Å². The van der Waals surface area contributed by atoms with E-state index in [4.69, 9.17) is 5.53 Å². The first-order valence-corrected chi connectivity index (χ1v) is 2.56. The maximum Gasteiger partial charge on any atom is 0.452 e. The van der Waals surface area contributed by atoms with Crippen molar-refractivity contribution in [2.24, 2.45) is 0 Å². The van der Waals surface area contributed by atoms with Gasteiger partial charge >= 0.3 is 22.2 Å². The summed E-state index contributed by atoms with van der Waals surface area (Å²) < 4.78 is 3.80. The third-order valence-corrected chi connectivity index (χ3v) is 0.711. The number of nitrogens with zero attached hydrogens (tertiary/aromatic N) is 2. The minimum Gasteiger partial charge on any atom is -0.360 e. The van der Waals surface area contributed by atoms with E-state index in [1.165, 1.54) is 0 Å². The fourth-order valence-corrected chi connectivity index (χ4v) is 0.321. The summed E-state index contributed by atoms with van der Waals surface area (Å²) in [6, 6.07) is 0. The van der Waals surface area contributed by atoms with Crippen LogP contribution in [0.1, 0.15) is 0 Å². The molecule has 0 aromatic rings. The van der Waals surface area contributed by atoms with Gasteiger partial charge in [0.15, 0.2) is 0 Å². The normalized spacial score (nSPS) is 7.70. The second-order valence-corrected chi connectivity index (χ2v) is 1.31. The highest BCUT2D eigenvalue weighted by Crippen LogP contribution is 1.80. The first kappa shape index (κ1) is 8.77. The van der Waals surface area contributed by atoms with Crippen molar-refractivity contribution in [2.75, 3.05) is 0 Å². The maximum atomic E-state index is 10.5. The van der Waals surface area contributed by atoms with Crippen molar-refractivity contribution >= 4 is 22.2 Å². The summed E-state index contributed by atoms with van der Waals surface area (Å²) in [5.74, 6) is -0.938. The molecule has 0 aliphatic heterocycles. The molecule has 0 aromatic heterocycles. The minimum absolute atomic E-state index is 0.335. The van der Waals surface area contributed by atoms with Crippen molar-refractivity contribution < 1.29 is 19.0 Å². The zero-order valence-corrected chi connectivity index (χ0v) is 5.90. The lowest BCUT2D eigenvalue weighted by Crippen LogP contribution is -2.15. The average Bonchev–Trinajstić information content (AvgIpc) is 1.91. The maximum absolute atomic E-state index is 10.5. The first-order chi connectivity index (χ1) is 4.76. The summed E-state index contributed by atoms with van der Waals surface area (Å²) in [6.45, 7) is 3.17. The van der Waals surface area contributed by atoms with Crippen LogP contribution in [-0.4, -0.2) is 27.0 Å². The fraction of sp³-hybridized carbons (Fsp3) is 0. The molecule has 0 rings (SSSR count). The molecule has 3 radical (unpaired) electrons. The van der Waals surface area contributed by atoms with Gasteiger partial charge < -0.3 is 5.53 Å². The van der Waals surface area contributed by atoms with Crippen molar-refractivity contribution in [1.82, 2.24) is 0 Å². The molecule has 0 aliphatic rings. The lowest BCUT2D eigenvalue weighted by atomic mass is 10.4. The summed E-state index contributed by atoms with van der Waals surface area (Å²) in [4.78, 5) is 16.9. The van der Waals surface area contributed by atoms with Crippen LogP contribution in [0.5, 0.6) is 0 Å². The molecule has 0 N–H and O–H groups in total. The summed E-state index contributed by atoms with van der Waals surface area (Å²) in [7, 11) is 2.41. The molecular formula is C4H3N2O3Si. The van der Waals surface area contributed by atoms with E-state index in [-0.39, 0.29) is 5.71 Å². The Hall–Kier alpha value is -1.23. The van der Waals surface area contributed by atoms with Crippen LogP contribution in [0.25, 0.3) is 5.53 Å². The molecule has 0 saturated heterocycles. The third kappa shape index (κ3) is 2.36. The molecule has 10 heavy (non-hydrogen) atoms. The molecule has 0 fully saturated rings. The second kappa shape index (κ2) is 4.63. The molecule has 0 atom stereocenters. The van der Waals surface area contributed by atoms with Crippen molar-refractivity contribution in [3.8, 4) is 0 Å². The highest BCUT2D eigenvalue weighted by Gasteiger charge is 2.17. The van der Waals surface area contributed by atoms with Gasteiger partial charge in [-0.1, -0.05) is 6.58 Å². The number of carbonyl (C=O) groups excluding carboxylic acids is 1. The average molecular weight is 155 g/mol. The summed E-state index contributed by atoms with van der Waals surface area (Å²) in [6.07, 6.45) is 1.02. The zero-order valence-electron chi connectivity index (χ0n) is 4.90. The second-order valence-electron chi connectivity index (χ2n) is 1.14.